The maximum Gasteiger partial charge on any atom is 0.321 e. The van der Waals surface area contributed by atoms with Crippen LogP contribution in [-0.2, 0) is 11.3 Å². The molecule has 2 aromatic rings. The highest BCUT2D eigenvalue weighted by Gasteiger charge is 2.24. The zero-order chi connectivity index (χ0) is 16.2. The van der Waals surface area contributed by atoms with E-state index in [1.165, 1.54) is 11.8 Å². The van der Waals surface area contributed by atoms with Crippen LogP contribution in [0.4, 0.5) is 4.79 Å². The number of aromatic nitrogens is 2. The highest BCUT2D eigenvalue weighted by Crippen LogP contribution is 2.24. The lowest BCUT2D eigenvalue weighted by Crippen LogP contribution is -2.41. The lowest BCUT2D eigenvalue weighted by atomic mass is 10.3. The molecule has 0 saturated heterocycles. The molecule has 2 N–H and O–H groups in total. The van der Waals surface area contributed by atoms with Gasteiger partial charge in [0.25, 0.3) is 0 Å². The van der Waals surface area contributed by atoms with Gasteiger partial charge in [0, 0.05) is 12.6 Å². The first kappa shape index (κ1) is 15.6. The number of nitrogens with zero attached hydrogens (tertiary/aromatic N) is 2. The number of hydrogen-bond acceptors (Lipinski definition) is 4. The summed E-state index contributed by atoms with van der Waals surface area (Å²) in [6.07, 6.45) is 3.77. The number of allylic oxidation sites excluding steroid dienone is 1. The van der Waals surface area contributed by atoms with Crippen LogP contribution in [0.5, 0.6) is 0 Å². The van der Waals surface area contributed by atoms with Crippen molar-refractivity contribution in [3.05, 3.63) is 36.9 Å². The van der Waals surface area contributed by atoms with Crippen molar-refractivity contribution in [2.75, 3.05) is 5.75 Å². The van der Waals surface area contributed by atoms with Crippen molar-refractivity contribution in [1.29, 1.82) is 0 Å². The molecule has 3 rings (SSSR count). The van der Waals surface area contributed by atoms with Gasteiger partial charge in [0.2, 0.25) is 5.91 Å². The maximum absolute atomic E-state index is 11.9. The number of imide groups is 1. The molecule has 0 aliphatic heterocycles. The van der Waals surface area contributed by atoms with E-state index in [2.05, 4.69) is 22.2 Å². The fraction of sp³-hybridized carbons (Fsp3) is 0.312. The SMILES string of the molecule is C=CCn1c(SCC(=O)NC(=O)NC2CC2)nc2ccccc21. The Morgan fingerprint density at radius 1 is 1.39 bits per heavy atom. The van der Waals surface area contributed by atoms with Gasteiger partial charge in [-0.1, -0.05) is 30.0 Å². The van der Waals surface area contributed by atoms with E-state index in [-0.39, 0.29) is 17.7 Å². The van der Waals surface area contributed by atoms with E-state index in [9.17, 15) is 9.59 Å². The lowest BCUT2D eigenvalue weighted by Gasteiger charge is -2.07. The van der Waals surface area contributed by atoms with Crippen LogP contribution in [-0.4, -0.2) is 33.3 Å². The molecular weight excluding hydrogens is 312 g/mol. The molecule has 1 fully saturated rings. The number of carbonyl (C=O) groups excluding carboxylic acids is 2. The number of benzene rings is 1. The summed E-state index contributed by atoms with van der Waals surface area (Å²) < 4.78 is 2.00. The number of carbonyl (C=O) groups is 2. The van der Waals surface area contributed by atoms with Crippen LogP contribution in [0.25, 0.3) is 11.0 Å². The molecular formula is C16H18N4O2S. The van der Waals surface area contributed by atoms with Crippen LogP contribution in [0.15, 0.2) is 42.1 Å². The molecule has 1 aromatic heterocycles. The molecule has 0 radical (unpaired) electrons. The normalized spacial score (nSPS) is 13.7. The predicted molar refractivity (Wildman–Crippen MR) is 90.4 cm³/mol. The third kappa shape index (κ3) is 3.92. The van der Waals surface area contributed by atoms with Crippen molar-refractivity contribution in [1.82, 2.24) is 20.2 Å². The van der Waals surface area contributed by atoms with Crippen molar-refractivity contribution in [2.24, 2.45) is 0 Å². The van der Waals surface area contributed by atoms with Gasteiger partial charge in [0.15, 0.2) is 5.16 Å². The molecule has 1 aromatic carbocycles. The third-order valence-electron chi connectivity index (χ3n) is 3.43. The Labute approximate surface area is 138 Å². The molecule has 1 aliphatic carbocycles. The first-order valence-electron chi connectivity index (χ1n) is 7.46. The number of hydrogen-bond donors (Lipinski definition) is 2. The minimum atomic E-state index is -0.419. The summed E-state index contributed by atoms with van der Waals surface area (Å²) in [7, 11) is 0. The van der Waals surface area contributed by atoms with Gasteiger partial charge in [-0.15, -0.1) is 6.58 Å². The van der Waals surface area contributed by atoms with Crippen LogP contribution in [0.1, 0.15) is 12.8 Å². The van der Waals surface area contributed by atoms with E-state index in [0.717, 1.165) is 29.0 Å². The molecule has 0 bridgehead atoms. The molecule has 1 aliphatic rings. The zero-order valence-electron chi connectivity index (χ0n) is 12.6. The van der Waals surface area contributed by atoms with Gasteiger partial charge in [0.1, 0.15) is 0 Å². The Morgan fingerprint density at radius 2 is 2.17 bits per heavy atom. The summed E-state index contributed by atoms with van der Waals surface area (Å²) in [5.74, 6) is -0.191. The molecule has 0 unspecified atom stereocenters. The zero-order valence-corrected chi connectivity index (χ0v) is 13.4. The monoisotopic (exact) mass is 330 g/mol. The Bertz CT molecular complexity index is 752. The van der Waals surface area contributed by atoms with Gasteiger partial charge in [-0.25, -0.2) is 9.78 Å². The van der Waals surface area contributed by atoms with Crippen molar-refractivity contribution in [2.45, 2.75) is 30.6 Å². The first-order chi connectivity index (χ1) is 11.2. The average Bonchev–Trinajstić information content (AvgIpc) is 3.26. The van der Waals surface area contributed by atoms with Crippen LogP contribution >= 0.6 is 11.8 Å². The van der Waals surface area contributed by atoms with E-state index in [1.54, 1.807) is 6.08 Å². The lowest BCUT2D eigenvalue weighted by molar-refractivity contribution is -0.117. The Kier molecular flexibility index (Phi) is 4.66. The summed E-state index contributed by atoms with van der Waals surface area (Å²) in [6.45, 7) is 4.38. The molecule has 0 atom stereocenters. The molecule has 3 amide bonds. The summed E-state index contributed by atoms with van der Waals surface area (Å²) in [4.78, 5) is 27.9. The Morgan fingerprint density at radius 3 is 2.91 bits per heavy atom. The summed E-state index contributed by atoms with van der Waals surface area (Å²) >= 11 is 1.31. The van der Waals surface area contributed by atoms with Crippen molar-refractivity contribution < 1.29 is 9.59 Å². The number of fused-ring (bicyclic) bond motifs is 1. The van der Waals surface area contributed by atoms with Crippen LogP contribution in [0.2, 0.25) is 0 Å². The second kappa shape index (κ2) is 6.87. The average molecular weight is 330 g/mol. The van der Waals surface area contributed by atoms with Crippen molar-refractivity contribution >= 4 is 34.7 Å². The summed E-state index contributed by atoms with van der Waals surface area (Å²) in [6, 6.07) is 7.61. The molecule has 7 heteroatoms. The van der Waals surface area contributed by atoms with Crippen molar-refractivity contribution in [3.63, 3.8) is 0 Å². The number of imidazole rings is 1. The number of para-hydroxylation sites is 2. The Hall–Kier alpha value is -2.28. The largest absolute Gasteiger partial charge is 0.335 e. The molecule has 23 heavy (non-hydrogen) atoms. The summed E-state index contributed by atoms with van der Waals surface area (Å²) in [5.41, 5.74) is 1.88. The van der Waals surface area contributed by atoms with Gasteiger partial charge in [-0.05, 0) is 25.0 Å². The van der Waals surface area contributed by atoms with Crippen molar-refractivity contribution in [3.8, 4) is 0 Å². The highest BCUT2D eigenvalue weighted by atomic mass is 32.2. The number of thioether (sulfide) groups is 1. The third-order valence-corrected chi connectivity index (χ3v) is 4.41. The predicted octanol–water partition coefficient (Wildman–Crippen LogP) is 2.30. The van der Waals surface area contributed by atoms with Gasteiger partial charge in [-0.2, -0.15) is 0 Å². The van der Waals surface area contributed by atoms with E-state index in [1.807, 2.05) is 28.8 Å². The van der Waals surface area contributed by atoms with Gasteiger partial charge in [-0.3, -0.25) is 10.1 Å². The highest BCUT2D eigenvalue weighted by molar-refractivity contribution is 7.99. The minimum Gasteiger partial charge on any atom is -0.335 e. The van der Waals surface area contributed by atoms with Crippen LogP contribution in [0, 0.1) is 0 Å². The fourth-order valence-corrected chi connectivity index (χ4v) is 3.04. The number of nitrogens with one attached hydrogen (secondary N) is 2. The smallest absolute Gasteiger partial charge is 0.321 e. The topological polar surface area (TPSA) is 76.0 Å². The second-order valence-electron chi connectivity index (χ2n) is 5.37. The van der Waals surface area contributed by atoms with Gasteiger partial charge >= 0.3 is 6.03 Å². The van der Waals surface area contributed by atoms with Gasteiger partial charge < -0.3 is 9.88 Å². The molecule has 120 valence electrons. The van der Waals surface area contributed by atoms with E-state index in [4.69, 9.17) is 0 Å². The molecule has 6 nitrogen and oxygen atoms in total. The molecule has 0 spiro atoms. The van der Waals surface area contributed by atoms with Gasteiger partial charge in [0.05, 0.1) is 16.8 Å². The fourth-order valence-electron chi connectivity index (χ4n) is 2.21. The number of amides is 3. The van der Waals surface area contributed by atoms with E-state index in [0.29, 0.717) is 6.54 Å². The Balaban J connectivity index is 1.63. The molecule has 1 heterocycles. The van der Waals surface area contributed by atoms with E-state index >= 15 is 0 Å². The second-order valence-corrected chi connectivity index (χ2v) is 6.31. The standard InChI is InChI=1S/C16H18N4O2S/c1-2-9-20-13-6-4-3-5-12(13)18-16(20)23-10-14(21)19-15(22)17-11-7-8-11/h2-6,11H,1,7-10H2,(H2,17,19,21,22). The maximum atomic E-state index is 11.9. The van der Waals surface area contributed by atoms with Crippen LogP contribution < -0.4 is 10.6 Å². The summed E-state index contributed by atoms with van der Waals surface area (Å²) in [5, 5.41) is 5.80. The minimum absolute atomic E-state index is 0.137. The number of urea groups is 1. The first-order valence-corrected chi connectivity index (χ1v) is 8.45. The van der Waals surface area contributed by atoms with E-state index < -0.39 is 6.03 Å². The molecule has 1 saturated carbocycles. The number of rotatable bonds is 6. The quantitative estimate of drug-likeness (QED) is 0.629. The van der Waals surface area contributed by atoms with Crippen LogP contribution in [0.3, 0.4) is 0 Å².